The fourth-order valence-corrected chi connectivity index (χ4v) is 4.39. The molecule has 2 aliphatic carbocycles. The van der Waals surface area contributed by atoms with Gasteiger partial charge in [-0.25, -0.2) is 0 Å². The molecule has 1 amide bonds. The lowest BCUT2D eigenvalue weighted by Crippen LogP contribution is -2.45. The summed E-state index contributed by atoms with van der Waals surface area (Å²) in [6, 6.07) is 2.05. The summed E-state index contributed by atoms with van der Waals surface area (Å²) in [6.45, 7) is 0.821. The Morgan fingerprint density at radius 3 is 2.73 bits per heavy atom. The largest absolute Gasteiger partial charge is 0.468 e. The van der Waals surface area contributed by atoms with Crippen LogP contribution in [0.1, 0.15) is 73.4 Å². The lowest BCUT2D eigenvalue weighted by Gasteiger charge is -2.37. The van der Waals surface area contributed by atoms with Gasteiger partial charge in [-0.15, -0.1) is 0 Å². The predicted molar refractivity (Wildman–Crippen MR) is 82.7 cm³/mol. The van der Waals surface area contributed by atoms with Crippen molar-refractivity contribution in [2.24, 2.45) is 5.92 Å². The van der Waals surface area contributed by atoms with Crippen molar-refractivity contribution in [3.63, 3.8) is 0 Å². The molecule has 120 valence electrons. The SMILES string of the molecule is O=C(c1ccoc1C1CC1)N1CCC[C@@H]1[C@H]1CCCC[C@@H]1O. The van der Waals surface area contributed by atoms with Gasteiger partial charge in [-0.2, -0.15) is 0 Å². The Hall–Kier alpha value is -1.29. The molecule has 1 aromatic heterocycles. The van der Waals surface area contributed by atoms with Crippen LogP contribution in [0.3, 0.4) is 0 Å². The normalized spacial score (nSPS) is 32.4. The van der Waals surface area contributed by atoms with Crippen LogP contribution in [0, 0.1) is 5.92 Å². The molecule has 0 spiro atoms. The average Bonchev–Trinajstić information content (AvgIpc) is 3.07. The maximum atomic E-state index is 13.0. The zero-order valence-corrected chi connectivity index (χ0v) is 13.0. The zero-order chi connectivity index (χ0) is 15.1. The molecule has 4 rings (SSSR count). The van der Waals surface area contributed by atoms with Gasteiger partial charge in [0.25, 0.3) is 5.91 Å². The number of amides is 1. The van der Waals surface area contributed by atoms with Crippen molar-refractivity contribution in [3.05, 3.63) is 23.7 Å². The van der Waals surface area contributed by atoms with Crippen LogP contribution in [-0.4, -0.2) is 34.6 Å². The van der Waals surface area contributed by atoms with Crippen molar-refractivity contribution >= 4 is 5.91 Å². The van der Waals surface area contributed by atoms with Gasteiger partial charge in [0.05, 0.1) is 17.9 Å². The molecule has 1 saturated heterocycles. The van der Waals surface area contributed by atoms with E-state index in [0.29, 0.717) is 5.92 Å². The minimum atomic E-state index is -0.237. The minimum Gasteiger partial charge on any atom is -0.468 e. The molecule has 1 aliphatic heterocycles. The second kappa shape index (κ2) is 5.73. The van der Waals surface area contributed by atoms with Crippen LogP contribution in [0.25, 0.3) is 0 Å². The molecule has 3 fully saturated rings. The molecule has 1 N–H and O–H groups in total. The second-order valence-electron chi connectivity index (χ2n) is 7.20. The van der Waals surface area contributed by atoms with Crippen LogP contribution >= 0.6 is 0 Å². The number of hydrogen-bond donors (Lipinski definition) is 1. The molecule has 0 radical (unpaired) electrons. The Balaban J connectivity index is 1.55. The van der Waals surface area contributed by atoms with Crippen molar-refractivity contribution in [1.82, 2.24) is 4.90 Å². The standard InChI is InChI=1S/C18H25NO3/c20-16-6-2-1-4-13(16)15-5-3-10-19(15)18(21)14-9-11-22-17(14)12-7-8-12/h9,11-13,15-16,20H,1-8,10H2/t13-,15-,16+/m1/s1. The summed E-state index contributed by atoms with van der Waals surface area (Å²) >= 11 is 0. The smallest absolute Gasteiger partial charge is 0.257 e. The molecule has 2 saturated carbocycles. The van der Waals surface area contributed by atoms with Crippen LogP contribution in [0.15, 0.2) is 16.7 Å². The number of likely N-dealkylation sites (tertiary alicyclic amines) is 1. The number of furan rings is 1. The van der Waals surface area contributed by atoms with Gasteiger partial charge in [0.1, 0.15) is 5.76 Å². The van der Waals surface area contributed by atoms with Crippen molar-refractivity contribution in [3.8, 4) is 0 Å². The molecule has 3 atom stereocenters. The number of aliphatic hydroxyl groups is 1. The fourth-order valence-electron chi connectivity index (χ4n) is 4.39. The van der Waals surface area contributed by atoms with E-state index >= 15 is 0 Å². The maximum Gasteiger partial charge on any atom is 0.257 e. The molecule has 3 aliphatic rings. The lowest BCUT2D eigenvalue weighted by molar-refractivity contribution is 0.0211. The van der Waals surface area contributed by atoms with E-state index in [2.05, 4.69) is 0 Å². The predicted octanol–water partition coefficient (Wildman–Crippen LogP) is 3.31. The first-order valence-corrected chi connectivity index (χ1v) is 8.82. The van der Waals surface area contributed by atoms with E-state index in [9.17, 15) is 9.90 Å². The van der Waals surface area contributed by atoms with E-state index in [1.54, 1.807) is 6.26 Å². The summed E-state index contributed by atoms with van der Waals surface area (Å²) in [5.41, 5.74) is 0.764. The summed E-state index contributed by atoms with van der Waals surface area (Å²) in [6.07, 6.45) is 10.0. The molecule has 22 heavy (non-hydrogen) atoms. The summed E-state index contributed by atoms with van der Waals surface area (Å²) in [5, 5.41) is 10.4. The van der Waals surface area contributed by atoms with E-state index < -0.39 is 0 Å². The molecular formula is C18H25NO3. The van der Waals surface area contributed by atoms with Crippen molar-refractivity contribution in [2.75, 3.05) is 6.54 Å². The van der Waals surface area contributed by atoms with Crippen LogP contribution in [0.5, 0.6) is 0 Å². The van der Waals surface area contributed by atoms with Crippen LogP contribution < -0.4 is 0 Å². The van der Waals surface area contributed by atoms with Gasteiger partial charge in [0.15, 0.2) is 0 Å². The van der Waals surface area contributed by atoms with Crippen LogP contribution in [0.4, 0.5) is 0 Å². The van der Waals surface area contributed by atoms with Gasteiger partial charge < -0.3 is 14.4 Å². The van der Waals surface area contributed by atoms with E-state index in [1.807, 2.05) is 11.0 Å². The topological polar surface area (TPSA) is 53.7 Å². The Morgan fingerprint density at radius 2 is 1.95 bits per heavy atom. The summed E-state index contributed by atoms with van der Waals surface area (Å²) < 4.78 is 5.57. The first-order chi connectivity index (χ1) is 10.8. The van der Waals surface area contributed by atoms with E-state index in [0.717, 1.165) is 62.8 Å². The lowest BCUT2D eigenvalue weighted by atomic mass is 9.80. The number of carbonyl (C=O) groups excluding carboxylic acids is 1. The third kappa shape index (κ3) is 2.47. The number of hydrogen-bond acceptors (Lipinski definition) is 3. The van der Waals surface area contributed by atoms with Gasteiger partial charge in [-0.1, -0.05) is 12.8 Å². The number of rotatable bonds is 3. The molecule has 0 unspecified atom stereocenters. The Morgan fingerprint density at radius 1 is 1.14 bits per heavy atom. The third-order valence-corrected chi connectivity index (χ3v) is 5.71. The summed E-state index contributed by atoms with van der Waals surface area (Å²) in [5.74, 6) is 1.72. The molecule has 0 bridgehead atoms. The van der Waals surface area contributed by atoms with Gasteiger partial charge in [-0.05, 0) is 44.6 Å². The second-order valence-corrected chi connectivity index (χ2v) is 7.20. The number of nitrogens with zero attached hydrogens (tertiary/aromatic N) is 1. The third-order valence-electron chi connectivity index (χ3n) is 5.71. The molecule has 0 aromatic carbocycles. The summed E-state index contributed by atoms with van der Waals surface area (Å²) in [4.78, 5) is 15.0. The number of carbonyl (C=O) groups is 1. The zero-order valence-electron chi connectivity index (χ0n) is 13.0. The highest BCUT2D eigenvalue weighted by Gasteiger charge is 2.41. The fraction of sp³-hybridized carbons (Fsp3) is 0.722. The van der Waals surface area contributed by atoms with Crippen LogP contribution in [-0.2, 0) is 0 Å². The average molecular weight is 303 g/mol. The van der Waals surface area contributed by atoms with E-state index in [-0.39, 0.29) is 24.0 Å². The monoisotopic (exact) mass is 303 g/mol. The Labute approximate surface area is 131 Å². The maximum absolute atomic E-state index is 13.0. The van der Waals surface area contributed by atoms with Gasteiger partial charge in [0, 0.05) is 24.4 Å². The van der Waals surface area contributed by atoms with Gasteiger partial charge in [0.2, 0.25) is 0 Å². The first-order valence-electron chi connectivity index (χ1n) is 8.82. The highest BCUT2D eigenvalue weighted by Crippen LogP contribution is 2.43. The highest BCUT2D eigenvalue weighted by molar-refractivity contribution is 5.95. The first kappa shape index (κ1) is 14.3. The van der Waals surface area contributed by atoms with Crippen molar-refractivity contribution in [2.45, 2.75) is 69.4 Å². The minimum absolute atomic E-state index is 0.121. The van der Waals surface area contributed by atoms with Gasteiger partial charge in [-0.3, -0.25) is 4.79 Å². The Bertz CT molecular complexity index is 548. The highest BCUT2D eigenvalue weighted by atomic mass is 16.3. The van der Waals surface area contributed by atoms with Gasteiger partial charge >= 0.3 is 0 Å². The molecular weight excluding hydrogens is 278 g/mol. The van der Waals surface area contributed by atoms with Crippen molar-refractivity contribution in [1.29, 1.82) is 0 Å². The summed E-state index contributed by atoms with van der Waals surface area (Å²) in [7, 11) is 0. The molecule has 4 nitrogen and oxygen atoms in total. The van der Waals surface area contributed by atoms with Crippen molar-refractivity contribution < 1.29 is 14.3 Å². The molecule has 1 aromatic rings. The Kier molecular flexibility index (Phi) is 3.73. The molecule has 2 heterocycles. The van der Waals surface area contributed by atoms with E-state index in [1.165, 1.54) is 6.42 Å². The number of aliphatic hydroxyl groups excluding tert-OH is 1. The quantitative estimate of drug-likeness (QED) is 0.932. The van der Waals surface area contributed by atoms with Crippen LogP contribution in [0.2, 0.25) is 0 Å². The molecule has 4 heteroatoms. The van der Waals surface area contributed by atoms with E-state index in [4.69, 9.17) is 4.42 Å².